The number of benzene rings is 4. The number of nitrogens with one attached hydrogen (secondary N) is 10. The number of H-pyrrole nitrogens is 2. The summed E-state index contributed by atoms with van der Waals surface area (Å²) in [6, 6.07) is 19.3. The molecule has 3 unspecified atom stereocenters. The molecule has 6 aromatic rings. The van der Waals surface area contributed by atoms with Gasteiger partial charge in [-0.25, -0.2) is 0 Å². The molecule has 1 saturated heterocycles. The molecule has 1 aliphatic rings. The predicted molar refractivity (Wildman–Crippen MR) is 393 cm³/mol. The minimum absolute atomic E-state index is 0.00823. The van der Waals surface area contributed by atoms with E-state index in [1.807, 2.05) is 78.9 Å². The summed E-state index contributed by atoms with van der Waals surface area (Å²) in [7, 11) is 2.12. The van der Waals surface area contributed by atoms with E-state index in [0.29, 0.717) is 36.0 Å². The quantitative estimate of drug-likeness (QED) is 0.0131. The van der Waals surface area contributed by atoms with Crippen LogP contribution in [-0.4, -0.2) is 135 Å². The number of para-hydroxylation sites is 2. The highest BCUT2D eigenvalue weighted by molar-refractivity contribution is 8.76. The lowest BCUT2D eigenvalue weighted by molar-refractivity contribution is -0.136. The third-order valence-electron chi connectivity index (χ3n) is 18.1. The Morgan fingerprint density at radius 3 is 1.68 bits per heavy atom. The second kappa shape index (κ2) is 41.9. The minimum atomic E-state index is -1.45. The fourth-order valence-electron chi connectivity index (χ4n) is 12.3. The van der Waals surface area contributed by atoms with Gasteiger partial charge in [0.05, 0.1) is 0 Å². The van der Waals surface area contributed by atoms with Crippen LogP contribution in [0, 0.1) is 5.92 Å². The van der Waals surface area contributed by atoms with Gasteiger partial charge in [-0.1, -0.05) is 211 Å². The monoisotopic (exact) mass is 1400 g/mol. The smallest absolute Gasteiger partial charge is 0.244 e. The zero-order valence-electron chi connectivity index (χ0n) is 57.6. The molecule has 0 radical (unpaired) electrons. The Morgan fingerprint density at radius 2 is 1.07 bits per heavy atom. The van der Waals surface area contributed by atoms with Gasteiger partial charge in [-0.3, -0.25) is 43.2 Å². The molecule has 2 aromatic heterocycles. The lowest BCUT2D eigenvalue weighted by atomic mass is 10.00. The summed E-state index contributed by atoms with van der Waals surface area (Å²) >= 11 is 0. The highest BCUT2D eigenvalue weighted by Gasteiger charge is 2.37. The zero-order valence-corrected chi connectivity index (χ0v) is 59.3. The van der Waals surface area contributed by atoms with Crippen molar-refractivity contribution in [2.45, 2.75) is 217 Å². The van der Waals surface area contributed by atoms with E-state index in [9.17, 15) is 33.9 Å². The number of unbranched alkanes of at least 4 members (excludes halogenated alkanes) is 15. The van der Waals surface area contributed by atoms with Crippen LogP contribution in [0.1, 0.15) is 165 Å². The van der Waals surface area contributed by atoms with Crippen molar-refractivity contribution in [2.75, 3.05) is 18.1 Å². The van der Waals surface area contributed by atoms with Crippen molar-refractivity contribution in [1.29, 1.82) is 0 Å². The Balaban J connectivity index is 1.19. The SMILES string of the molecule is CCCCCCCCCCCCCCCCCC(=O)N[C@H](Cc1ccccc1)C(=O)NC1CSSC[C@@H](C(=O)N[C@@H](Cc2c[nH]c3ccccc23)C(N)=O)NC(=O)C(C(C)C)NC(=O)[C@H](CCCCN)NC(=O)[C@@H](Cc2c[nH]c3ccccc23)NC(=O)C(Cc2ccc(O)cc2)NC1=O. The molecule has 7 rings (SSSR count). The minimum Gasteiger partial charge on any atom is -0.508 e. The van der Waals surface area contributed by atoms with Crippen LogP contribution in [0.5, 0.6) is 5.75 Å². The number of aromatic nitrogens is 2. The van der Waals surface area contributed by atoms with Gasteiger partial charge in [0.2, 0.25) is 53.2 Å². The highest BCUT2D eigenvalue weighted by atomic mass is 33.1. The summed E-state index contributed by atoms with van der Waals surface area (Å²) in [5.74, 6) is -7.62. The molecule has 22 nitrogen and oxygen atoms in total. The summed E-state index contributed by atoms with van der Waals surface area (Å²) in [4.78, 5) is 138. The lowest BCUT2D eigenvalue weighted by Gasteiger charge is -2.29. The van der Waals surface area contributed by atoms with Gasteiger partial charge in [-0.05, 0) is 84.7 Å². The molecule has 8 atom stereocenters. The number of hydrogen-bond donors (Lipinski definition) is 13. The van der Waals surface area contributed by atoms with Crippen LogP contribution in [0.15, 0.2) is 116 Å². The van der Waals surface area contributed by atoms with Crippen molar-refractivity contribution in [3.8, 4) is 5.75 Å². The number of aromatic amines is 2. The molecule has 3 heterocycles. The van der Waals surface area contributed by atoms with Crippen LogP contribution >= 0.6 is 21.6 Å². The first kappa shape index (κ1) is 78.0. The van der Waals surface area contributed by atoms with Crippen molar-refractivity contribution < 1.29 is 48.3 Å². The summed E-state index contributed by atoms with van der Waals surface area (Å²) in [6.07, 6.45) is 21.8. The molecular formula is C75H104N12O10S2. The number of carbonyl (C=O) groups excluding carboxylic acids is 9. The van der Waals surface area contributed by atoms with Gasteiger partial charge in [0.15, 0.2) is 0 Å². The number of hydrogen-bond acceptors (Lipinski definition) is 13. The van der Waals surface area contributed by atoms with Gasteiger partial charge < -0.3 is 69.1 Å². The van der Waals surface area contributed by atoms with E-state index < -0.39 is 102 Å². The molecule has 0 aliphatic carbocycles. The molecule has 1 fully saturated rings. The Hall–Kier alpha value is -8.35. The Morgan fingerprint density at radius 1 is 0.535 bits per heavy atom. The van der Waals surface area contributed by atoms with Gasteiger partial charge in [0, 0.05) is 77.8 Å². The highest BCUT2D eigenvalue weighted by Crippen LogP contribution is 2.26. The first-order valence-corrected chi connectivity index (χ1v) is 38.0. The van der Waals surface area contributed by atoms with Crippen LogP contribution < -0.4 is 54.0 Å². The standard InChI is InChI=1S/C75H104N12O10S2/c1-4-5-6-7-8-9-10-11-12-13-14-15-16-17-21-35-66(89)80-61(41-50-28-19-18-20-29-50)70(92)85-64-47-98-99-48-65(73(95)82-60(68(77)90)43-52-45-78-57-32-24-22-30-55(52)57)86-75(97)67(49(2)3)87-69(91)59(34-26-27-40-76)81-72(94)63(44-53-46-79-58-33-25-23-31-56(53)58)84-71(93)62(83-74(64)96)42-51-36-38-54(88)39-37-51/h18-20,22-25,28-33,36-39,45-46,49,59-65,67,78-79,88H,4-17,21,26-27,34-35,40-44,47-48,76H2,1-3H3,(H2,77,90)(H,80,89)(H,81,94)(H,82,95)(H,83,96)(H,84,93)(H,85,92)(H,86,97)(H,87,91)/t59-,60-,61+,62?,63+,64?,65-,67?/m0/s1. The van der Waals surface area contributed by atoms with E-state index in [1.165, 1.54) is 76.3 Å². The number of phenolic OH excluding ortho intramolecular Hbond substituents is 1. The molecule has 15 N–H and O–H groups in total. The first-order chi connectivity index (χ1) is 47.9. The second-order valence-corrected chi connectivity index (χ2v) is 28.9. The number of amides is 9. The van der Waals surface area contributed by atoms with Gasteiger partial charge in [-0.15, -0.1) is 0 Å². The average Bonchev–Trinajstić information content (AvgIpc) is 1.71. The molecule has 0 bridgehead atoms. The maximum absolute atomic E-state index is 15.3. The van der Waals surface area contributed by atoms with Crippen LogP contribution in [0.3, 0.4) is 0 Å². The van der Waals surface area contributed by atoms with Crippen molar-refractivity contribution in [1.82, 2.24) is 52.5 Å². The molecule has 0 saturated carbocycles. The Bertz CT molecular complexity index is 3550. The third kappa shape index (κ3) is 26.0. The van der Waals surface area contributed by atoms with Crippen molar-refractivity contribution in [2.24, 2.45) is 17.4 Å². The fourth-order valence-corrected chi connectivity index (χ4v) is 14.6. The van der Waals surface area contributed by atoms with Gasteiger partial charge >= 0.3 is 0 Å². The van der Waals surface area contributed by atoms with Crippen LogP contribution in [0.25, 0.3) is 21.8 Å². The maximum atomic E-state index is 15.3. The number of phenols is 1. The number of aromatic hydroxyl groups is 1. The Labute approximate surface area is 590 Å². The van der Waals surface area contributed by atoms with E-state index in [4.69, 9.17) is 11.5 Å². The topological polar surface area (TPSA) is 354 Å². The predicted octanol–water partition coefficient (Wildman–Crippen LogP) is 8.43. The molecule has 4 aromatic carbocycles. The number of primary amides is 1. The third-order valence-corrected chi connectivity index (χ3v) is 20.5. The van der Waals surface area contributed by atoms with Crippen molar-refractivity contribution >= 4 is 96.6 Å². The number of nitrogens with two attached hydrogens (primary N) is 2. The largest absolute Gasteiger partial charge is 0.508 e. The average molecular weight is 1400 g/mol. The van der Waals surface area contributed by atoms with E-state index in [2.05, 4.69) is 59.4 Å². The molecule has 0 spiro atoms. The van der Waals surface area contributed by atoms with E-state index in [0.717, 1.165) is 74.6 Å². The molecule has 9 amide bonds. The van der Waals surface area contributed by atoms with Crippen molar-refractivity contribution in [3.05, 3.63) is 138 Å². The van der Waals surface area contributed by atoms with Crippen LogP contribution in [0.2, 0.25) is 0 Å². The zero-order chi connectivity index (χ0) is 70.9. The normalized spacial score (nSPS) is 19.1. The molecule has 1 aliphatic heterocycles. The lowest BCUT2D eigenvalue weighted by Crippen LogP contribution is -2.62. The van der Waals surface area contributed by atoms with Gasteiger partial charge in [0.1, 0.15) is 54.1 Å². The molecule has 99 heavy (non-hydrogen) atoms. The number of carbonyl (C=O) groups is 9. The summed E-state index contributed by atoms with van der Waals surface area (Å²) in [6.45, 7) is 5.92. The second-order valence-electron chi connectivity index (χ2n) is 26.4. The molecular weight excluding hydrogens is 1290 g/mol. The number of rotatable bonds is 35. The van der Waals surface area contributed by atoms with Crippen LogP contribution in [-0.2, 0) is 68.8 Å². The van der Waals surface area contributed by atoms with E-state index in [1.54, 1.807) is 38.4 Å². The summed E-state index contributed by atoms with van der Waals surface area (Å²) < 4.78 is 0. The molecule has 24 heteroatoms. The van der Waals surface area contributed by atoms with E-state index in [-0.39, 0.29) is 68.2 Å². The maximum Gasteiger partial charge on any atom is 0.244 e. The number of fused-ring (bicyclic) bond motifs is 2. The first-order valence-electron chi connectivity index (χ1n) is 35.5. The molecule has 536 valence electrons. The summed E-state index contributed by atoms with van der Waals surface area (Å²) in [5.41, 5.74) is 16.0. The van der Waals surface area contributed by atoms with E-state index >= 15 is 14.4 Å². The fraction of sp³-hybridized carbons (Fsp3) is 0.507. The van der Waals surface area contributed by atoms with Gasteiger partial charge in [0.25, 0.3) is 0 Å². The van der Waals surface area contributed by atoms with Crippen LogP contribution in [0.4, 0.5) is 0 Å². The van der Waals surface area contributed by atoms with Crippen molar-refractivity contribution in [3.63, 3.8) is 0 Å². The van der Waals surface area contributed by atoms with Gasteiger partial charge in [-0.2, -0.15) is 0 Å². The Kier molecular flexibility index (Phi) is 33.0. The summed E-state index contributed by atoms with van der Waals surface area (Å²) in [5, 5.41) is 34.8.